The van der Waals surface area contributed by atoms with Gasteiger partial charge in [0.15, 0.2) is 0 Å². The lowest BCUT2D eigenvalue weighted by molar-refractivity contribution is 0.0846. The lowest BCUT2D eigenvalue weighted by Gasteiger charge is -2.18. The molecule has 1 aromatic rings. The molecule has 6 heteroatoms. The van der Waals surface area contributed by atoms with Crippen LogP contribution in [0.25, 0.3) is 0 Å². The number of hydrogen-bond acceptors (Lipinski definition) is 4. The summed E-state index contributed by atoms with van der Waals surface area (Å²) in [5.74, 6) is -0.502. The molecule has 2 N–H and O–H groups in total. The van der Waals surface area contributed by atoms with E-state index < -0.39 is 22.0 Å². The number of benzene rings is 1. The maximum atomic E-state index is 12.0. The molecule has 16 heavy (non-hydrogen) atoms. The predicted octanol–water partition coefficient (Wildman–Crippen LogP) is 0.822. The number of sulfonamides is 1. The van der Waals surface area contributed by atoms with Gasteiger partial charge in [-0.3, -0.25) is 4.79 Å². The van der Waals surface area contributed by atoms with E-state index in [0.29, 0.717) is 5.69 Å². The molecular weight excluding hydrogens is 228 g/mol. The number of nitrogens with two attached hydrogens (primary N) is 1. The molecule has 1 aromatic carbocycles. The van der Waals surface area contributed by atoms with Crippen LogP contribution in [-0.4, -0.2) is 24.7 Å². The van der Waals surface area contributed by atoms with Crippen molar-refractivity contribution >= 4 is 21.6 Å². The van der Waals surface area contributed by atoms with Crippen LogP contribution in [0.4, 0.5) is 5.69 Å². The highest BCUT2D eigenvalue weighted by atomic mass is 32.2. The second-order valence-corrected chi connectivity index (χ2v) is 5.74. The summed E-state index contributed by atoms with van der Waals surface area (Å²) in [6.45, 7) is 3.31. The largest absolute Gasteiger partial charge is 0.399 e. The number of carbonyl (C=O) groups excluding carboxylic acids is 1. The minimum Gasteiger partial charge on any atom is -0.399 e. The van der Waals surface area contributed by atoms with Crippen molar-refractivity contribution < 1.29 is 13.2 Å². The summed E-state index contributed by atoms with van der Waals surface area (Å²) in [4.78, 5) is 11.9. The molecule has 0 aromatic heterocycles. The van der Waals surface area contributed by atoms with Crippen molar-refractivity contribution in [1.29, 1.82) is 0 Å². The monoisotopic (exact) mass is 240 g/mol. The summed E-state index contributed by atoms with van der Waals surface area (Å²) in [6.07, 6.45) is 0. The van der Waals surface area contributed by atoms with E-state index in [4.69, 9.17) is 5.73 Å². The Labute approximate surface area is 93.9 Å². The summed E-state index contributed by atoms with van der Waals surface area (Å²) < 4.78 is 24.9. The van der Waals surface area contributed by atoms with Gasteiger partial charge in [-0.05, 0) is 32.0 Å². The summed E-state index contributed by atoms with van der Waals surface area (Å²) in [7, 11) is -3.68. The SMILES string of the molecule is CC(C)N1C(=O)c2cc(N)ccc2S1(=O)=O. The molecule has 5 nitrogen and oxygen atoms in total. The highest BCUT2D eigenvalue weighted by molar-refractivity contribution is 7.90. The van der Waals surface area contributed by atoms with E-state index in [9.17, 15) is 13.2 Å². The second kappa shape index (κ2) is 3.21. The molecule has 0 fully saturated rings. The van der Waals surface area contributed by atoms with E-state index >= 15 is 0 Å². The predicted molar refractivity (Wildman–Crippen MR) is 59.3 cm³/mol. The first-order valence-electron chi connectivity index (χ1n) is 4.84. The summed E-state index contributed by atoms with van der Waals surface area (Å²) in [5, 5.41) is 0. The van der Waals surface area contributed by atoms with Crippen molar-refractivity contribution in [3.05, 3.63) is 23.8 Å². The molecule has 1 aliphatic heterocycles. The highest BCUT2D eigenvalue weighted by Gasteiger charge is 2.42. The molecule has 1 heterocycles. The number of rotatable bonds is 1. The number of nitrogens with zero attached hydrogens (tertiary/aromatic N) is 1. The Balaban J connectivity index is 2.72. The Bertz CT molecular complexity index is 563. The van der Waals surface area contributed by atoms with Crippen LogP contribution < -0.4 is 5.73 Å². The third-order valence-corrected chi connectivity index (χ3v) is 4.46. The van der Waals surface area contributed by atoms with Crippen molar-refractivity contribution in [2.45, 2.75) is 24.8 Å². The van der Waals surface area contributed by atoms with Gasteiger partial charge in [0.05, 0.1) is 5.56 Å². The molecule has 0 bridgehead atoms. The third-order valence-electron chi connectivity index (χ3n) is 2.44. The van der Waals surface area contributed by atoms with Crippen LogP contribution in [0.1, 0.15) is 24.2 Å². The first-order valence-corrected chi connectivity index (χ1v) is 6.28. The van der Waals surface area contributed by atoms with Crippen molar-refractivity contribution in [3.63, 3.8) is 0 Å². The molecule has 86 valence electrons. The van der Waals surface area contributed by atoms with Crippen LogP contribution in [0.3, 0.4) is 0 Å². The lowest BCUT2D eigenvalue weighted by Crippen LogP contribution is -2.36. The molecule has 0 spiro atoms. The number of nitrogen functional groups attached to an aromatic ring is 1. The molecule has 0 radical (unpaired) electrons. The normalized spacial score (nSPS) is 17.9. The van der Waals surface area contributed by atoms with E-state index in [1.54, 1.807) is 13.8 Å². The van der Waals surface area contributed by atoms with Gasteiger partial charge >= 0.3 is 0 Å². The Morgan fingerprint density at radius 1 is 1.31 bits per heavy atom. The third kappa shape index (κ3) is 1.30. The Hall–Kier alpha value is -1.56. The smallest absolute Gasteiger partial charge is 0.269 e. The zero-order chi connectivity index (χ0) is 12.1. The molecule has 0 atom stereocenters. The number of amides is 1. The first kappa shape index (κ1) is 10.9. The maximum Gasteiger partial charge on any atom is 0.269 e. The molecule has 2 rings (SSSR count). The molecule has 0 unspecified atom stereocenters. The van der Waals surface area contributed by atoms with Gasteiger partial charge in [0.1, 0.15) is 4.90 Å². The Morgan fingerprint density at radius 2 is 1.94 bits per heavy atom. The van der Waals surface area contributed by atoms with Gasteiger partial charge in [-0.25, -0.2) is 12.7 Å². The van der Waals surface area contributed by atoms with E-state index in [1.165, 1.54) is 18.2 Å². The molecule has 0 aliphatic carbocycles. The zero-order valence-corrected chi connectivity index (χ0v) is 9.78. The summed E-state index contributed by atoms with van der Waals surface area (Å²) in [5.41, 5.74) is 6.08. The van der Waals surface area contributed by atoms with E-state index in [1.807, 2.05) is 0 Å². The first-order chi connectivity index (χ1) is 7.35. The van der Waals surface area contributed by atoms with E-state index in [-0.39, 0.29) is 10.5 Å². The van der Waals surface area contributed by atoms with Crippen molar-refractivity contribution in [3.8, 4) is 0 Å². The maximum absolute atomic E-state index is 12.0. The topological polar surface area (TPSA) is 80.5 Å². The fraction of sp³-hybridized carbons (Fsp3) is 0.300. The number of anilines is 1. The second-order valence-electron chi connectivity index (χ2n) is 3.96. The average molecular weight is 240 g/mol. The summed E-state index contributed by atoms with van der Waals surface area (Å²) in [6, 6.07) is 3.86. The molecule has 1 amide bonds. The Kier molecular flexibility index (Phi) is 2.20. The fourth-order valence-electron chi connectivity index (χ4n) is 1.79. The molecular formula is C10H12N2O3S. The van der Waals surface area contributed by atoms with Crippen molar-refractivity contribution in [1.82, 2.24) is 4.31 Å². The van der Waals surface area contributed by atoms with E-state index in [0.717, 1.165) is 4.31 Å². The number of carbonyl (C=O) groups is 1. The summed E-state index contributed by atoms with van der Waals surface area (Å²) >= 11 is 0. The average Bonchev–Trinajstić information content (AvgIpc) is 2.34. The van der Waals surface area contributed by atoms with Crippen molar-refractivity contribution in [2.24, 2.45) is 0 Å². The molecule has 0 saturated carbocycles. The van der Waals surface area contributed by atoms with Gasteiger partial charge in [0, 0.05) is 11.7 Å². The van der Waals surface area contributed by atoms with Gasteiger partial charge in [0.2, 0.25) is 0 Å². The van der Waals surface area contributed by atoms with Crippen molar-refractivity contribution in [2.75, 3.05) is 5.73 Å². The number of hydrogen-bond donors (Lipinski definition) is 1. The van der Waals surface area contributed by atoms with Crippen LogP contribution in [-0.2, 0) is 10.0 Å². The van der Waals surface area contributed by atoms with Gasteiger partial charge in [-0.15, -0.1) is 0 Å². The van der Waals surface area contributed by atoms with Gasteiger partial charge in [-0.2, -0.15) is 0 Å². The standard InChI is InChI=1S/C10H12N2O3S/c1-6(2)12-10(13)8-5-7(11)3-4-9(8)16(12,14)15/h3-6H,11H2,1-2H3. The van der Waals surface area contributed by atoms with Crippen LogP contribution >= 0.6 is 0 Å². The Morgan fingerprint density at radius 3 is 2.50 bits per heavy atom. The molecule has 0 saturated heterocycles. The highest BCUT2D eigenvalue weighted by Crippen LogP contribution is 2.32. The minimum absolute atomic E-state index is 0.0420. The van der Waals surface area contributed by atoms with Gasteiger partial charge in [-0.1, -0.05) is 0 Å². The quantitative estimate of drug-likeness (QED) is 0.737. The van der Waals surface area contributed by atoms with Gasteiger partial charge < -0.3 is 5.73 Å². The van der Waals surface area contributed by atoms with Crippen LogP contribution in [0.2, 0.25) is 0 Å². The fourth-order valence-corrected chi connectivity index (χ4v) is 3.53. The van der Waals surface area contributed by atoms with Crippen LogP contribution in [0.15, 0.2) is 23.1 Å². The van der Waals surface area contributed by atoms with E-state index in [2.05, 4.69) is 0 Å². The van der Waals surface area contributed by atoms with Crippen LogP contribution in [0.5, 0.6) is 0 Å². The number of fused-ring (bicyclic) bond motifs is 1. The van der Waals surface area contributed by atoms with Crippen LogP contribution in [0, 0.1) is 0 Å². The van der Waals surface area contributed by atoms with Gasteiger partial charge in [0.25, 0.3) is 15.9 Å². The minimum atomic E-state index is -3.68. The zero-order valence-electron chi connectivity index (χ0n) is 8.97. The lowest BCUT2D eigenvalue weighted by atomic mass is 10.2. The molecule has 1 aliphatic rings.